The molecule has 0 saturated carbocycles. The first-order chi connectivity index (χ1) is 9.11. The zero-order valence-electron chi connectivity index (χ0n) is 12.1. The van der Waals surface area contributed by atoms with Crippen LogP contribution in [-0.4, -0.2) is 34.6 Å². The molecule has 19 heavy (non-hydrogen) atoms. The number of pyridine rings is 1. The van der Waals surface area contributed by atoms with Gasteiger partial charge in [0.2, 0.25) is 0 Å². The van der Waals surface area contributed by atoms with Crippen molar-refractivity contribution in [2.75, 3.05) is 13.1 Å². The Bertz CT molecular complexity index is 418. The smallest absolute Gasteiger partial charge is 0.0634 e. The number of aromatic nitrogens is 1. The molecule has 1 fully saturated rings. The van der Waals surface area contributed by atoms with Gasteiger partial charge in [0.25, 0.3) is 0 Å². The molecule has 0 aromatic carbocycles. The van der Waals surface area contributed by atoms with E-state index in [2.05, 4.69) is 36.0 Å². The van der Waals surface area contributed by atoms with Crippen LogP contribution in [0, 0.1) is 0 Å². The Morgan fingerprint density at radius 3 is 2.84 bits per heavy atom. The lowest BCUT2D eigenvalue weighted by Crippen LogP contribution is -2.63. The van der Waals surface area contributed by atoms with Crippen molar-refractivity contribution in [1.82, 2.24) is 15.2 Å². The first kappa shape index (κ1) is 14.8. The van der Waals surface area contributed by atoms with Crippen LogP contribution in [0.3, 0.4) is 0 Å². The highest BCUT2D eigenvalue weighted by molar-refractivity contribution is 6.31. The topological polar surface area (TPSA) is 28.2 Å². The first-order valence-corrected chi connectivity index (χ1v) is 7.56. The molecule has 2 heterocycles. The molecule has 0 amide bonds. The summed E-state index contributed by atoms with van der Waals surface area (Å²) in [5, 5.41) is 4.39. The van der Waals surface area contributed by atoms with E-state index in [9.17, 15) is 0 Å². The van der Waals surface area contributed by atoms with Crippen LogP contribution in [0.1, 0.15) is 39.2 Å². The molecule has 106 valence electrons. The van der Waals surface area contributed by atoms with Crippen LogP contribution >= 0.6 is 11.6 Å². The lowest BCUT2D eigenvalue weighted by atomic mass is 9.87. The van der Waals surface area contributed by atoms with Gasteiger partial charge in [0.15, 0.2) is 0 Å². The van der Waals surface area contributed by atoms with E-state index in [1.165, 1.54) is 5.56 Å². The largest absolute Gasteiger partial charge is 0.311 e. The monoisotopic (exact) mass is 281 g/mol. The van der Waals surface area contributed by atoms with Crippen LogP contribution in [0.15, 0.2) is 18.5 Å². The van der Waals surface area contributed by atoms with E-state index >= 15 is 0 Å². The van der Waals surface area contributed by atoms with E-state index in [0.717, 1.165) is 37.5 Å². The molecule has 1 aliphatic rings. The SMILES string of the molecule is CCC1(CC)CNC(C)CN1Cc1ccncc1Cl. The molecule has 1 aromatic rings. The van der Waals surface area contributed by atoms with Gasteiger partial charge in [0, 0.05) is 43.6 Å². The molecule has 1 unspecified atom stereocenters. The van der Waals surface area contributed by atoms with E-state index in [1.54, 1.807) is 6.20 Å². The molecule has 1 aliphatic heterocycles. The van der Waals surface area contributed by atoms with Crippen molar-refractivity contribution in [3.63, 3.8) is 0 Å². The standard InChI is InChI=1S/C15H24ClN3/c1-4-15(5-2)11-18-12(3)9-19(15)10-13-6-7-17-8-14(13)16/h6-8,12,18H,4-5,9-11H2,1-3H3. The molecule has 2 rings (SSSR count). The highest BCUT2D eigenvalue weighted by Crippen LogP contribution is 2.29. The van der Waals surface area contributed by atoms with E-state index in [4.69, 9.17) is 11.6 Å². The maximum Gasteiger partial charge on any atom is 0.0634 e. The summed E-state index contributed by atoms with van der Waals surface area (Å²) < 4.78 is 0. The van der Waals surface area contributed by atoms with Gasteiger partial charge >= 0.3 is 0 Å². The zero-order valence-corrected chi connectivity index (χ0v) is 12.9. The number of hydrogen-bond donors (Lipinski definition) is 1. The molecule has 1 atom stereocenters. The minimum Gasteiger partial charge on any atom is -0.311 e. The highest BCUT2D eigenvalue weighted by atomic mass is 35.5. The van der Waals surface area contributed by atoms with Gasteiger partial charge in [-0.15, -0.1) is 0 Å². The van der Waals surface area contributed by atoms with Crippen LogP contribution in [-0.2, 0) is 6.54 Å². The molecule has 0 bridgehead atoms. The van der Waals surface area contributed by atoms with Crippen molar-refractivity contribution in [1.29, 1.82) is 0 Å². The highest BCUT2D eigenvalue weighted by Gasteiger charge is 2.37. The van der Waals surface area contributed by atoms with Crippen molar-refractivity contribution >= 4 is 11.6 Å². The van der Waals surface area contributed by atoms with Gasteiger partial charge in [-0.25, -0.2) is 0 Å². The third-order valence-electron chi connectivity index (χ3n) is 4.48. The van der Waals surface area contributed by atoms with Gasteiger partial charge in [0.05, 0.1) is 5.02 Å². The molecule has 0 aliphatic carbocycles. The van der Waals surface area contributed by atoms with E-state index in [1.807, 2.05) is 12.3 Å². The predicted octanol–water partition coefficient (Wildman–Crippen LogP) is 3.09. The van der Waals surface area contributed by atoms with Crippen LogP contribution in [0.25, 0.3) is 0 Å². The number of rotatable bonds is 4. The maximum atomic E-state index is 6.25. The maximum absolute atomic E-state index is 6.25. The molecule has 1 aromatic heterocycles. The Hall–Kier alpha value is -0.640. The molecule has 1 saturated heterocycles. The normalized spacial score (nSPS) is 23.5. The van der Waals surface area contributed by atoms with Crippen LogP contribution in [0.5, 0.6) is 0 Å². The summed E-state index contributed by atoms with van der Waals surface area (Å²) in [7, 11) is 0. The average molecular weight is 282 g/mol. The van der Waals surface area contributed by atoms with Crippen molar-refractivity contribution in [2.24, 2.45) is 0 Å². The van der Waals surface area contributed by atoms with Crippen LogP contribution in [0.2, 0.25) is 5.02 Å². The second-order valence-electron chi connectivity index (χ2n) is 5.56. The van der Waals surface area contributed by atoms with Crippen molar-refractivity contribution < 1.29 is 0 Å². The third-order valence-corrected chi connectivity index (χ3v) is 4.82. The average Bonchev–Trinajstić information content (AvgIpc) is 2.42. The molecule has 3 nitrogen and oxygen atoms in total. The Balaban J connectivity index is 2.21. The number of piperazine rings is 1. The Kier molecular flexibility index (Phi) is 4.82. The zero-order chi connectivity index (χ0) is 13.9. The van der Waals surface area contributed by atoms with E-state index < -0.39 is 0 Å². The Morgan fingerprint density at radius 2 is 2.21 bits per heavy atom. The minimum atomic E-state index is 0.249. The van der Waals surface area contributed by atoms with Crippen LogP contribution < -0.4 is 5.32 Å². The summed E-state index contributed by atoms with van der Waals surface area (Å²) in [5.41, 5.74) is 1.43. The summed E-state index contributed by atoms with van der Waals surface area (Å²) in [6, 6.07) is 2.57. The molecular formula is C15H24ClN3. The third kappa shape index (κ3) is 3.10. The minimum absolute atomic E-state index is 0.249. The van der Waals surface area contributed by atoms with Crippen molar-refractivity contribution in [3.8, 4) is 0 Å². The summed E-state index contributed by atoms with van der Waals surface area (Å²) in [4.78, 5) is 6.66. The van der Waals surface area contributed by atoms with Gasteiger partial charge < -0.3 is 5.32 Å². The molecule has 1 N–H and O–H groups in total. The summed E-state index contributed by atoms with van der Waals surface area (Å²) in [5.74, 6) is 0. The van der Waals surface area contributed by atoms with E-state index in [-0.39, 0.29) is 5.54 Å². The van der Waals surface area contributed by atoms with Gasteiger partial charge in [-0.2, -0.15) is 0 Å². The van der Waals surface area contributed by atoms with Crippen molar-refractivity contribution in [3.05, 3.63) is 29.0 Å². The lowest BCUT2D eigenvalue weighted by molar-refractivity contribution is 0.0278. The van der Waals surface area contributed by atoms with Crippen molar-refractivity contribution in [2.45, 2.75) is 51.7 Å². The fraction of sp³-hybridized carbons (Fsp3) is 0.667. The Morgan fingerprint density at radius 1 is 1.47 bits per heavy atom. The second kappa shape index (κ2) is 6.21. The number of nitrogens with zero attached hydrogens (tertiary/aromatic N) is 2. The summed E-state index contributed by atoms with van der Waals surface area (Å²) >= 11 is 6.25. The number of nitrogens with one attached hydrogen (secondary N) is 1. The van der Waals surface area contributed by atoms with Gasteiger partial charge in [-0.3, -0.25) is 9.88 Å². The van der Waals surface area contributed by atoms with Crippen LogP contribution in [0.4, 0.5) is 0 Å². The number of halogens is 1. The van der Waals surface area contributed by atoms with Gasteiger partial charge in [-0.1, -0.05) is 25.4 Å². The Labute approximate surface area is 121 Å². The van der Waals surface area contributed by atoms with Gasteiger partial charge in [0.1, 0.15) is 0 Å². The fourth-order valence-electron chi connectivity index (χ4n) is 2.98. The molecule has 0 spiro atoms. The molecular weight excluding hydrogens is 258 g/mol. The fourth-order valence-corrected chi connectivity index (χ4v) is 3.16. The summed E-state index contributed by atoms with van der Waals surface area (Å²) in [6.45, 7) is 9.85. The van der Waals surface area contributed by atoms with Gasteiger partial charge in [-0.05, 0) is 31.4 Å². The second-order valence-corrected chi connectivity index (χ2v) is 5.97. The first-order valence-electron chi connectivity index (χ1n) is 7.18. The predicted molar refractivity (Wildman–Crippen MR) is 80.4 cm³/mol. The molecule has 4 heteroatoms. The quantitative estimate of drug-likeness (QED) is 0.919. The van der Waals surface area contributed by atoms with E-state index in [0.29, 0.717) is 6.04 Å². The lowest BCUT2D eigenvalue weighted by Gasteiger charge is -2.49. The summed E-state index contributed by atoms with van der Waals surface area (Å²) in [6.07, 6.45) is 5.88. The number of hydrogen-bond acceptors (Lipinski definition) is 3. The molecule has 0 radical (unpaired) electrons.